The zero-order chi connectivity index (χ0) is 14.8. The normalized spacial score (nSPS) is 16.0. The lowest BCUT2D eigenvalue weighted by atomic mass is 10.1. The van der Waals surface area contributed by atoms with Gasteiger partial charge in [0.1, 0.15) is 11.5 Å². The number of carbonyl (C=O) groups excluding carboxylic acids is 1. The van der Waals surface area contributed by atoms with E-state index >= 15 is 0 Å². The van der Waals surface area contributed by atoms with Crippen LogP contribution in [-0.4, -0.2) is 11.7 Å². The fourth-order valence-corrected chi connectivity index (χ4v) is 2.26. The summed E-state index contributed by atoms with van der Waals surface area (Å²) in [5.74, 6) is 0.358. The summed E-state index contributed by atoms with van der Waals surface area (Å²) < 4.78 is 0. The van der Waals surface area contributed by atoms with E-state index in [2.05, 4.69) is 10.3 Å². The van der Waals surface area contributed by atoms with Crippen molar-refractivity contribution in [3.63, 3.8) is 0 Å². The second-order valence-corrected chi connectivity index (χ2v) is 5.30. The minimum Gasteiger partial charge on any atom is -0.305 e. The van der Waals surface area contributed by atoms with Crippen molar-refractivity contribution in [3.05, 3.63) is 75.9 Å². The highest BCUT2D eigenvalue weighted by Crippen LogP contribution is 2.17. The molecule has 0 saturated heterocycles. The number of benzene rings is 2. The average Bonchev–Trinajstić information content (AvgIpc) is 2.81. The molecule has 1 aliphatic rings. The molecule has 0 aromatic heterocycles. The first kappa shape index (κ1) is 13.6. The van der Waals surface area contributed by atoms with Gasteiger partial charge in [0.25, 0.3) is 5.91 Å². The van der Waals surface area contributed by atoms with Crippen LogP contribution in [0.25, 0.3) is 6.08 Å². The van der Waals surface area contributed by atoms with Gasteiger partial charge in [-0.1, -0.05) is 41.4 Å². The molecule has 2 aromatic carbocycles. The Morgan fingerprint density at radius 2 is 1.90 bits per heavy atom. The highest BCUT2D eigenvalue weighted by atomic mass is 35.5. The van der Waals surface area contributed by atoms with Crippen LogP contribution in [0.3, 0.4) is 0 Å². The third-order valence-electron chi connectivity index (χ3n) is 3.16. The maximum Gasteiger partial charge on any atom is 0.275 e. The maximum atomic E-state index is 12.0. The quantitative estimate of drug-likeness (QED) is 0.846. The summed E-state index contributed by atoms with van der Waals surface area (Å²) in [6.07, 6.45) is 1.78. The molecule has 104 valence electrons. The van der Waals surface area contributed by atoms with Gasteiger partial charge in [0, 0.05) is 10.6 Å². The number of amides is 1. The van der Waals surface area contributed by atoms with E-state index < -0.39 is 0 Å². The van der Waals surface area contributed by atoms with Gasteiger partial charge >= 0.3 is 0 Å². The molecule has 3 rings (SSSR count). The Kier molecular flexibility index (Phi) is 3.59. The van der Waals surface area contributed by atoms with Gasteiger partial charge in [0.2, 0.25) is 0 Å². The van der Waals surface area contributed by atoms with Crippen molar-refractivity contribution in [2.75, 3.05) is 0 Å². The molecule has 0 bridgehead atoms. The fraction of sp³-hybridized carbons (Fsp3) is 0.0588. The Balaban J connectivity index is 1.93. The Morgan fingerprint density at radius 3 is 2.62 bits per heavy atom. The summed E-state index contributed by atoms with van der Waals surface area (Å²) in [5.41, 5.74) is 3.34. The molecule has 2 aromatic rings. The van der Waals surface area contributed by atoms with Crippen LogP contribution >= 0.6 is 11.6 Å². The number of halogens is 1. The van der Waals surface area contributed by atoms with E-state index in [9.17, 15) is 4.79 Å². The first-order valence-corrected chi connectivity index (χ1v) is 6.94. The number of aryl methyl sites for hydroxylation is 1. The maximum absolute atomic E-state index is 12.0. The van der Waals surface area contributed by atoms with Crippen molar-refractivity contribution in [2.45, 2.75) is 6.92 Å². The van der Waals surface area contributed by atoms with Crippen LogP contribution in [0, 0.1) is 6.92 Å². The van der Waals surface area contributed by atoms with Gasteiger partial charge in [-0.3, -0.25) is 4.79 Å². The Morgan fingerprint density at radius 1 is 1.14 bits per heavy atom. The first-order valence-electron chi connectivity index (χ1n) is 6.56. The predicted octanol–water partition coefficient (Wildman–Crippen LogP) is 3.57. The minimum atomic E-state index is -0.193. The molecule has 1 heterocycles. The van der Waals surface area contributed by atoms with Crippen LogP contribution in [0.2, 0.25) is 5.02 Å². The predicted molar refractivity (Wildman–Crippen MR) is 85.3 cm³/mol. The Labute approximate surface area is 128 Å². The minimum absolute atomic E-state index is 0.193. The second kappa shape index (κ2) is 5.54. The molecule has 0 spiro atoms. The van der Waals surface area contributed by atoms with Gasteiger partial charge in [-0.15, -0.1) is 0 Å². The standard InChI is InChI=1S/C17H13ClN2O/c1-11-3-2-4-12(9-11)10-15-17(21)20-16(19-15)13-5-7-14(18)8-6-13/h2-10H,1H3,(H,19,20,21)/b15-10+. The van der Waals surface area contributed by atoms with Crippen molar-refractivity contribution in [2.24, 2.45) is 4.99 Å². The molecular weight excluding hydrogens is 284 g/mol. The number of hydrogen-bond donors (Lipinski definition) is 1. The zero-order valence-electron chi connectivity index (χ0n) is 11.4. The number of carbonyl (C=O) groups is 1. The highest BCUT2D eigenvalue weighted by Gasteiger charge is 2.20. The van der Waals surface area contributed by atoms with Crippen LogP contribution in [0.1, 0.15) is 16.7 Å². The van der Waals surface area contributed by atoms with Gasteiger partial charge < -0.3 is 5.32 Å². The monoisotopic (exact) mass is 296 g/mol. The SMILES string of the molecule is Cc1cccc(/C=C2/N=C(c3ccc(Cl)cc3)NC2=O)c1. The van der Waals surface area contributed by atoms with Gasteiger partial charge in [0.15, 0.2) is 0 Å². The fourth-order valence-electron chi connectivity index (χ4n) is 2.13. The van der Waals surface area contributed by atoms with Gasteiger partial charge in [-0.05, 0) is 42.8 Å². The lowest BCUT2D eigenvalue weighted by Crippen LogP contribution is -2.24. The highest BCUT2D eigenvalue weighted by molar-refractivity contribution is 6.30. The molecule has 1 aliphatic heterocycles. The molecule has 0 radical (unpaired) electrons. The van der Waals surface area contributed by atoms with Gasteiger partial charge in [0.05, 0.1) is 0 Å². The summed E-state index contributed by atoms with van der Waals surface area (Å²) in [6, 6.07) is 15.1. The van der Waals surface area contributed by atoms with Crippen molar-refractivity contribution in [1.29, 1.82) is 0 Å². The number of nitrogens with zero attached hydrogens (tertiary/aromatic N) is 1. The zero-order valence-corrected chi connectivity index (χ0v) is 12.2. The van der Waals surface area contributed by atoms with Gasteiger partial charge in [-0.2, -0.15) is 0 Å². The summed E-state index contributed by atoms with van der Waals surface area (Å²) in [4.78, 5) is 16.4. The van der Waals surface area contributed by atoms with E-state index in [1.807, 2.05) is 43.3 Å². The molecule has 0 fully saturated rings. The Hall–Kier alpha value is -2.39. The molecule has 0 atom stereocenters. The third-order valence-corrected chi connectivity index (χ3v) is 3.41. The van der Waals surface area contributed by atoms with E-state index in [1.165, 1.54) is 0 Å². The van der Waals surface area contributed by atoms with E-state index in [0.29, 0.717) is 16.6 Å². The molecule has 0 aliphatic carbocycles. The van der Waals surface area contributed by atoms with Crippen LogP contribution in [0.4, 0.5) is 0 Å². The van der Waals surface area contributed by atoms with Crippen molar-refractivity contribution in [3.8, 4) is 0 Å². The van der Waals surface area contributed by atoms with Crippen LogP contribution in [0.5, 0.6) is 0 Å². The molecule has 0 saturated carbocycles. The van der Waals surface area contributed by atoms with Crippen LogP contribution in [-0.2, 0) is 4.79 Å². The molecule has 21 heavy (non-hydrogen) atoms. The third kappa shape index (κ3) is 3.03. The Bertz CT molecular complexity index is 761. The number of aliphatic imine (C=N–C) groups is 1. The second-order valence-electron chi connectivity index (χ2n) is 4.87. The molecule has 1 N–H and O–H groups in total. The molecule has 3 nitrogen and oxygen atoms in total. The van der Waals surface area contributed by atoms with Crippen molar-refractivity contribution < 1.29 is 4.79 Å². The number of amidine groups is 1. The largest absolute Gasteiger partial charge is 0.305 e. The van der Waals surface area contributed by atoms with E-state index in [4.69, 9.17) is 11.6 Å². The lowest BCUT2D eigenvalue weighted by Gasteiger charge is -1.99. The van der Waals surface area contributed by atoms with Crippen molar-refractivity contribution >= 4 is 29.4 Å². The topological polar surface area (TPSA) is 41.5 Å². The van der Waals surface area contributed by atoms with Crippen LogP contribution < -0.4 is 5.32 Å². The number of rotatable bonds is 2. The number of nitrogens with one attached hydrogen (secondary N) is 1. The number of hydrogen-bond acceptors (Lipinski definition) is 2. The molecular formula is C17H13ClN2O. The van der Waals surface area contributed by atoms with E-state index in [-0.39, 0.29) is 5.91 Å². The molecule has 1 amide bonds. The first-order chi connectivity index (χ1) is 10.1. The van der Waals surface area contributed by atoms with Crippen molar-refractivity contribution in [1.82, 2.24) is 5.32 Å². The van der Waals surface area contributed by atoms with E-state index in [1.54, 1.807) is 18.2 Å². The summed E-state index contributed by atoms with van der Waals surface area (Å²) >= 11 is 5.86. The van der Waals surface area contributed by atoms with Gasteiger partial charge in [-0.25, -0.2) is 4.99 Å². The average molecular weight is 297 g/mol. The molecule has 0 unspecified atom stereocenters. The van der Waals surface area contributed by atoms with E-state index in [0.717, 1.165) is 16.7 Å². The summed E-state index contributed by atoms with van der Waals surface area (Å²) in [7, 11) is 0. The lowest BCUT2D eigenvalue weighted by molar-refractivity contribution is -0.115. The van der Waals surface area contributed by atoms with Crippen LogP contribution in [0.15, 0.2) is 59.2 Å². The summed E-state index contributed by atoms with van der Waals surface area (Å²) in [6.45, 7) is 2.01. The smallest absolute Gasteiger partial charge is 0.275 e. The summed E-state index contributed by atoms with van der Waals surface area (Å²) in [5, 5.41) is 3.43. The molecule has 4 heteroatoms.